The molecule has 94 valence electrons. The van der Waals surface area contributed by atoms with E-state index in [0.29, 0.717) is 5.92 Å². The highest BCUT2D eigenvalue weighted by atomic mass is 79.9. The molecule has 1 aliphatic rings. The standard InChI is InChI=1S/C15H22BrN/c16-15-7-5-13(6-8-15)10-14(11-17)9-12-3-1-2-4-12/h5-8,12,14H,1-4,9-11,17H2. The number of benzene rings is 1. The van der Waals surface area contributed by atoms with E-state index < -0.39 is 0 Å². The Kier molecular flexibility index (Phi) is 5.05. The molecule has 17 heavy (non-hydrogen) atoms. The van der Waals surface area contributed by atoms with Crippen LogP contribution in [0.4, 0.5) is 0 Å². The Morgan fingerprint density at radius 2 is 1.82 bits per heavy atom. The van der Waals surface area contributed by atoms with Gasteiger partial charge in [-0.1, -0.05) is 53.7 Å². The first-order chi connectivity index (χ1) is 8.28. The van der Waals surface area contributed by atoms with Crippen molar-refractivity contribution in [2.45, 2.75) is 38.5 Å². The zero-order chi connectivity index (χ0) is 12.1. The lowest BCUT2D eigenvalue weighted by atomic mass is 9.88. The van der Waals surface area contributed by atoms with E-state index in [1.54, 1.807) is 0 Å². The summed E-state index contributed by atoms with van der Waals surface area (Å²) in [6.45, 7) is 0.826. The summed E-state index contributed by atoms with van der Waals surface area (Å²) in [4.78, 5) is 0. The molecule has 1 atom stereocenters. The van der Waals surface area contributed by atoms with Crippen LogP contribution in [0.15, 0.2) is 28.7 Å². The molecule has 1 aliphatic carbocycles. The van der Waals surface area contributed by atoms with Crippen molar-refractivity contribution in [1.82, 2.24) is 0 Å². The molecule has 1 saturated carbocycles. The maximum absolute atomic E-state index is 5.92. The van der Waals surface area contributed by atoms with Crippen LogP contribution in [0.1, 0.15) is 37.7 Å². The lowest BCUT2D eigenvalue weighted by molar-refractivity contribution is 0.379. The van der Waals surface area contributed by atoms with Gasteiger partial charge in [0.2, 0.25) is 0 Å². The van der Waals surface area contributed by atoms with E-state index in [9.17, 15) is 0 Å². The van der Waals surface area contributed by atoms with Gasteiger partial charge in [0.05, 0.1) is 0 Å². The van der Waals surface area contributed by atoms with Crippen molar-refractivity contribution in [1.29, 1.82) is 0 Å². The second-order valence-corrected chi connectivity index (χ2v) is 6.23. The molecular formula is C15H22BrN. The summed E-state index contributed by atoms with van der Waals surface area (Å²) in [6, 6.07) is 8.67. The number of halogens is 1. The summed E-state index contributed by atoms with van der Waals surface area (Å²) in [5, 5.41) is 0. The topological polar surface area (TPSA) is 26.0 Å². The summed E-state index contributed by atoms with van der Waals surface area (Å²) in [7, 11) is 0. The van der Waals surface area contributed by atoms with Crippen molar-refractivity contribution in [2.24, 2.45) is 17.6 Å². The smallest absolute Gasteiger partial charge is 0.0175 e. The summed E-state index contributed by atoms with van der Waals surface area (Å²) in [5.74, 6) is 1.61. The molecule has 0 heterocycles. The van der Waals surface area contributed by atoms with Gasteiger partial charge in [0.15, 0.2) is 0 Å². The summed E-state index contributed by atoms with van der Waals surface area (Å²) in [6.07, 6.45) is 8.18. The second kappa shape index (κ2) is 6.55. The Labute approximate surface area is 113 Å². The van der Waals surface area contributed by atoms with E-state index in [0.717, 1.165) is 23.4 Å². The lowest BCUT2D eigenvalue weighted by Gasteiger charge is -2.19. The molecule has 0 aromatic heterocycles. The molecule has 1 unspecified atom stereocenters. The average molecular weight is 296 g/mol. The van der Waals surface area contributed by atoms with Crippen molar-refractivity contribution in [3.05, 3.63) is 34.3 Å². The largest absolute Gasteiger partial charge is 0.330 e. The first-order valence-electron chi connectivity index (χ1n) is 6.72. The summed E-state index contributed by atoms with van der Waals surface area (Å²) in [5.41, 5.74) is 7.34. The predicted octanol–water partition coefficient (Wildman–Crippen LogP) is 4.15. The first-order valence-corrected chi connectivity index (χ1v) is 7.51. The van der Waals surface area contributed by atoms with Crippen molar-refractivity contribution in [3.63, 3.8) is 0 Å². The maximum atomic E-state index is 5.92. The van der Waals surface area contributed by atoms with Gasteiger partial charge in [-0.3, -0.25) is 0 Å². The van der Waals surface area contributed by atoms with Gasteiger partial charge in [-0.25, -0.2) is 0 Å². The van der Waals surface area contributed by atoms with E-state index >= 15 is 0 Å². The minimum absolute atomic E-state index is 0.666. The van der Waals surface area contributed by atoms with Crippen LogP contribution in [0, 0.1) is 11.8 Å². The van der Waals surface area contributed by atoms with Gasteiger partial charge in [-0.05, 0) is 48.9 Å². The Bertz CT molecular complexity index is 327. The first kappa shape index (κ1) is 13.1. The molecule has 2 rings (SSSR count). The van der Waals surface area contributed by atoms with Crippen LogP contribution in [0.2, 0.25) is 0 Å². The molecule has 0 amide bonds. The predicted molar refractivity (Wildman–Crippen MR) is 77.0 cm³/mol. The minimum Gasteiger partial charge on any atom is -0.330 e. The SMILES string of the molecule is NCC(Cc1ccc(Br)cc1)CC1CCCC1. The Balaban J connectivity index is 1.87. The summed E-state index contributed by atoms with van der Waals surface area (Å²) >= 11 is 3.47. The number of rotatable bonds is 5. The third-order valence-corrected chi connectivity index (χ3v) is 4.44. The van der Waals surface area contributed by atoms with Crippen LogP contribution in [0.25, 0.3) is 0 Å². The molecule has 1 aromatic carbocycles. The van der Waals surface area contributed by atoms with Gasteiger partial charge in [-0.15, -0.1) is 0 Å². The fourth-order valence-corrected chi connectivity index (χ4v) is 3.20. The number of nitrogens with two attached hydrogens (primary N) is 1. The molecule has 1 nitrogen and oxygen atoms in total. The normalized spacial score (nSPS) is 18.5. The van der Waals surface area contributed by atoms with E-state index in [1.807, 2.05) is 0 Å². The van der Waals surface area contributed by atoms with Crippen LogP contribution in [-0.4, -0.2) is 6.54 Å². The van der Waals surface area contributed by atoms with E-state index in [-0.39, 0.29) is 0 Å². The van der Waals surface area contributed by atoms with E-state index in [2.05, 4.69) is 40.2 Å². The third kappa shape index (κ3) is 4.11. The molecule has 0 spiro atoms. The van der Waals surface area contributed by atoms with Gasteiger partial charge in [-0.2, -0.15) is 0 Å². The molecule has 1 fully saturated rings. The zero-order valence-electron chi connectivity index (χ0n) is 10.4. The average Bonchev–Trinajstić information content (AvgIpc) is 2.84. The highest BCUT2D eigenvalue weighted by Gasteiger charge is 2.19. The van der Waals surface area contributed by atoms with Gasteiger partial charge < -0.3 is 5.73 Å². The fourth-order valence-electron chi connectivity index (χ4n) is 2.93. The van der Waals surface area contributed by atoms with Gasteiger partial charge in [0.25, 0.3) is 0 Å². The molecule has 2 N–H and O–H groups in total. The van der Waals surface area contributed by atoms with E-state index in [1.165, 1.54) is 37.7 Å². The molecule has 0 radical (unpaired) electrons. The summed E-state index contributed by atoms with van der Waals surface area (Å²) < 4.78 is 1.15. The number of hydrogen-bond donors (Lipinski definition) is 1. The quantitative estimate of drug-likeness (QED) is 0.868. The molecular weight excluding hydrogens is 274 g/mol. The highest BCUT2D eigenvalue weighted by molar-refractivity contribution is 9.10. The van der Waals surface area contributed by atoms with Gasteiger partial charge in [0.1, 0.15) is 0 Å². The zero-order valence-corrected chi connectivity index (χ0v) is 12.0. The Hall–Kier alpha value is -0.340. The van der Waals surface area contributed by atoms with Crippen molar-refractivity contribution in [3.8, 4) is 0 Å². The molecule has 0 aliphatic heterocycles. The van der Waals surface area contributed by atoms with Crippen molar-refractivity contribution < 1.29 is 0 Å². The van der Waals surface area contributed by atoms with E-state index in [4.69, 9.17) is 5.73 Å². The fraction of sp³-hybridized carbons (Fsp3) is 0.600. The van der Waals surface area contributed by atoms with Crippen molar-refractivity contribution in [2.75, 3.05) is 6.54 Å². The minimum atomic E-state index is 0.666. The van der Waals surface area contributed by atoms with Crippen molar-refractivity contribution >= 4 is 15.9 Å². The molecule has 2 heteroatoms. The second-order valence-electron chi connectivity index (χ2n) is 5.32. The molecule has 1 aromatic rings. The van der Waals surface area contributed by atoms with Gasteiger partial charge >= 0.3 is 0 Å². The van der Waals surface area contributed by atoms with Crippen LogP contribution in [-0.2, 0) is 6.42 Å². The highest BCUT2D eigenvalue weighted by Crippen LogP contribution is 2.31. The third-order valence-electron chi connectivity index (χ3n) is 3.91. The maximum Gasteiger partial charge on any atom is 0.0175 e. The van der Waals surface area contributed by atoms with Crippen LogP contribution in [0.3, 0.4) is 0 Å². The van der Waals surface area contributed by atoms with Crippen LogP contribution < -0.4 is 5.73 Å². The monoisotopic (exact) mass is 295 g/mol. The van der Waals surface area contributed by atoms with Crippen LogP contribution in [0.5, 0.6) is 0 Å². The van der Waals surface area contributed by atoms with Crippen LogP contribution >= 0.6 is 15.9 Å². The lowest BCUT2D eigenvalue weighted by Crippen LogP contribution is -2.19. The number of hydrogen-bond acceptors (Lipinski definition) is 1. The Morgan fingerprint density at radius 1 is 1.18 bits per heavy atom. The molecule has 0 saturated heterocycles. The Morgan fingerprint density at radius 3 is 2.41 bits per heavy atom. The molecule has 0 bridgehead atoms. The van der Waals surface area contributed by atoms with Gasteiger partial charge in [0, 0.05) is 4.47 Å².